The molecule has 0 bridgehead atoms. The Balaban J connectivity index is 1.89. The molecule has 1 atom stereocenters. The minimum atomic E-state index is -3.76. The van der Waals surface area contributed by atoms with Gasteiger partial charge in [-0.3, -0.25) is 4.21 Å². The van der Waals surface area contributed by atoms with Crippen LogP contribution in [0.3, 0.4) is 0 Å². The van der Waals surface area contributed by atoms with E-state index in [-0.39, 0.29) is 10.6 Å². The van der Waals surface area contributed by atoms with Gasteiger partial charge in [-0.05, 0) is 42.8 Å². The van der Waals surface area contributed by atoms with Crippen LogP contribution in [-0.2, 0) is 26.6 Å². The van der Waals surface area contributed by atoms with E-state index in [2.05, 4.69) is 0 Å². The number of hydrogen-bond acceptors (Lipinski definition) is 3. The van der Waals surface area contributed by atoms with Crippen molar-refractivity contribution < 1.29 is 12.6 Å². The van der Waals surface area contributed by atoms with Crippen molar-refractivity contribution in [2.24, 2.45) is 0 Å². The Morgan fingerprint density at radius 2 is 1.39 bits per heavy atom. The lowest BCUT2D eigenvalue weighted by Crippen LogP contribution is -2.14. The van der Waals surface area contributed by atoms with E-state index < -0.39 is 20.8 Å². The molecule has 0 saturated heterocycles. The summed E-state index contributed by atoms with van der Waals surface area (Å²) in [6.45, 7) is 1.78. The zero-order valence-electron chi connectivity index (χ0n) is 15.3. The number of hydrogen-bond donors (Lipinski definition) is 0. The fourth-order valence-corrected chi connectivity index (χ4v) is 6.24. The molecule has 28 heavy (non-hydrogen) atoms. The Kier molecular flexibility index (Phi) is 4.91. The third kappa shape index (κ3) is 3.19. The lowest BCUT2D eigenvalue weighted by Gasteiger charge is -2.10. The molecule has 4 rings (SSSR count). The Labute approximate surface area is 167 Å². The molecule has 142 valence electrons. The number of fused-ring (bicyclic) bond motifs is 1. The third-order valence-corrected chi connectivity index (χ3v) is 7.92. The highest BCUT2D eigenvalue weighted by Gasteiger charge is 2.25. The van der Waals surface area contributed by atoms with Crippen molar-refractivity contribution in [1.82, 2.24) is 3.97 Å². The molecule has 0 N–H and O–H groups in total. The van der Waals surface area contributed by atoms with Crippen LogP contribution in [0.5, 0.6) is 0 Å². The standard InChI is InChI=1S/C22H19NO3S2/c1-17-21(16-27(24)18-10-4-2-5-11-18)20-14-8-9-15-22(20)23(17)28(25,26)19-12-6-3-7-13-19/h2-15H,16H2,1H3. The van der Waals surface area contributed by atoms with Crippen molar-refractivity contribution in [3.05, 3.63) is 96.2 Å². The Morgan fingerprint density at radius 1 is 0.821 bits per heavy atom. The van der Waals surface area contributed by atoms with Crippen molar-refractivity contribution in [2.45, 2.75) is 22.5 Å². The molecule has 0 fully saturated rings. The molecular weight excluding hydrogens is 390 g/mol. The average molecular weight is 410 g/mol. The highest BCUT2D eigenvalue weighted by atomic mass is 32.2. The monoisotopic (exact) mass is 409 g/mol. The van der Waals surface area contributed by atoms with Crippen molar-refractivity contribution in [3.8, 4) is 0 Å². The third-order valence-electron chi connectivity index (χ3n) is 4.75. The summed E-state index contributed by atoms with van der Waals surface area (Å²) in [6.07, 6.45) is 0. The van der Waals surface area contributed by atoms with Gasteiger partial charge in [0.2, 0.25) is 0 Å². The predicted molar refractivity (Wildman–Crippen MR) is 112 cm³/mol. The maximum atomic E-state index is 13.3. The highest BCUT2D eigenvalue weighted by Crippen LogP contribution is 2.31. The number of nitrogens with zero attached hydrogens (tertiary/aromatic N) is 1. The quantitative estimate of drug-likeness (QED) is 0.488. The van der Waals surface area contributed by atoms with E-state index in [9.17, 15) is 12.6 Å². The number of para-hydroxylation sites is 1. The second-order valence-electron chi connectivity index (χ2n) is 6.47. The van der Waals surface area contributed by atoms with E-state index in [1.54, 1.807) is 43.3 Å². The van der Waals surface area contributed by atoms with Crippen molar-refractivity contribution in [1.29, 1.82) is 0 Å². The van der Waals surface area contributed by atoms with Crippen LogP contribution in [0.15, 0.2) is 94.7 Å². The van der Waals surface area contributed by atoms with Gasteiger partial charge in [0.25, 0.3) is 10.0 Å². The number of rotatable bonds is 5. The van der Waals surface area contributed by atoms with E-state index in [1.165, 1.54) is 3.97 Å². The van der Waals surface area contributed by atoms with Crippen LogP contribution in [0, 0.1) is 6.92 Å². The van der Waals surface area contributed by atoms with Gasteiger partial charge in [-0.2, -0.15) is 0 Å². The fourth-order valence-electron chi connectivity index (χ4n) is 3.38. The van der Waals surface area contributed by atoms with E-state index in [4.69, 9.17) is 0 Å². The van der Waals surface area contributed by atoms with Gasteiger partial charge in [0.05, 0.1) is 27.0 Å². The molecule has 0 spiro atoms. The first-order valence-corrected chi connectivity index (χ1v) is 11.6. The molecule has 3 aromatic carbocycles. The zero-order valence-corrected chi connectivity index (χ0v) is 16.9. The second kappa shape index (κ2) is 7.37. The van der Waals surface area contributed by atoms with Gasteiger partial charge in [0, 0.05) is 16.0 Å². The van der Waals surface area contributed by atoms with Crippen molar-refractivity contribution in [2.75, 3.05) is 0 Å². The summed E-state index contributed by atoms with van der Waals surface area (Å²) >= 11 is 0. The SMILES string of the molecule is Cc1c(CS(=O)c2ccccc2)c2ccccc2n1S(=O)(=O)c1ccccc1. The largest absolute Gasteiger partial charge is 0.268 e. The predicted octanol–water partition coefficient (Wildman–Crippen LogP) is 4.49. The van der Waals surface area contributed by atoms with Gasteiger partial charge >= 0.3 is 0 Å². The van der Waals surface area contributed by atoms with Crippen LogP contribution < -0.4 is 0 Å². The molecule has 0 aliphatic carbocycles. The molecule has 0 aliphatic rings. The molecule has 4 nitrogen and oxygen atoms in total. The molecule has 0 amide bonds. The first-order valence-electron chi connectivity index (χ1n) is 8.83. The number of aromatic nitrogens is 1. The van der Waals surface area contributed by atoms with Crippen LogP contribution >= 0.6 is 0 Å². The summed E-state index contributed by atoms with van der Waals surface area (Å²) in [6, 6.07) is 25.0. The smallest absolute Gasteiger partial charge is 0.254 e. The fraction of sp³-hybridized carbons (Fsp3) is 0.0909. The highest BCUT2D eigenvalue weighted by molar-refractivity contribution is 7.90. The molecular formula is C22H19NO3S2. The molecule has 0 saturated carbocycles. The van der Waals surface area contributed by atoms with E-state index in [0.717, 1.165) is 15.8 Å². The van der Waals surface area contributed by atoms with Crippen LogP contribution in [0.4, 0.5) is 0 Å². The van der Waals surface area contributed by atoms with E-state index >= 15 is 0 Å². The van der Waals surface area contributed by atoms with Crippen LogP contribution in [0.25, 0.3) is 10.9 Å². The molecule has 1 aromatic heterocycles. The second-order valence-corrected chi connectivity index (χ2v) is 9.70. The van der Waals surface area contributed by atoms with Gasteiger partial charge in [-0.15, -0.1) is 0 Å². The Morgan fingerprint density at radius 3 is 2.07 bits per heavy atom. The van der Waals surface area contributed by atoms with E-state index in [0.29, 0.717) is 11.2 Å². The van der Waals surface area contributed by atoms with Gasteiger partial charge in [0.15, 0.2) is 0 Å². The lowest BCUT2D eigenvalue weighted by atomic mass is 10.1. The maximum Gasteiger partial charge on any atom is 0.268 e. The first kappa shape index (κ1) is 18.7. The topological polar surface area (TPSA) is 56.1 Å². The molecule has 0 radical (unpaired) electrons. The van der Waals surface area contributed by atoms with Crippen LogP contribution in [0.2, 0.25) is 0 Å². The van der Waals surface area contributed by atoms with Gasteiger partial charge in [-0.1, -0.05) is 54.6 Å². The zero-order chi connectivity index (χ0) is 19.7. The normalized spacial score (nSPS) is 12.9. The number of benzene rings is 3. The Bertz CT molecular complexity index is 1260. The van der Waals surface area contributed by atoms with Crippen LogP contribution in [0.1, 0.15) is 11.3 Å². The van der Waals surface area contributed by atoms with Crippen LogP contribution in [-0.4, -0.2) is 16.6 Å². The van der Waals surface area contributed by atoms with Gasteiger partial charge in [-0.25, -0.2) is 12.4 Å². The summed E-state index contributed by atoms with van der Waals surface area (Å²) in [4.78, 5) is 0.958. The molecule has 6 heteroatoms. The lowest BCUT2D eigenvalue weighted by molar-refractivity contribution is 0.588. The van der Waals surface area contributed by atoms with E-state index in [1.807, 2.05) is 48.5 Å². The minimum Gasteiger partial charge on any atom is -0.254 e. The first-order chi connectivity index (χ1) is 13.5. The molecule has 1 heterocycles. The van der Waals surface area contributed by atoms with Gasteiger partial charge in [0.1, 0.15) is 0 Å². The average Bonchev–Trinajstić information content (AvgIpc) is 3.01. The summed E-state index contributed by atoms with van der Waals surface area (Å²) < 4.78 is 40.9. The molecule has 0 aliphatic heterocycles. The molecule has 1 unspecified atom stereocenters. The molecule has 4 aromatic rings. The minimum absolute atomic E-state index is 0.231. The summed E-state index contributed by atoms with van der Waals surface area (Å²) in [5.74, 6) is 0.258. The van der Waals surface area contributed by atoms with Crippen molar-refractivity contribution in [3.63, 3.8) is 0 Å². The summed E-state index contributed by atoms with van der Waals surface area (Å²) in [5.41, 5.74) is 1.98. The maximum absolute atomic E-state index is 13.3. The summed E-state index contributed by atoms with van der Waals surface area (Å²) in [7, 11) is -5.02. The van der Waals surface area contributed by atoms with Gasteiger partial charge < -0.3 is 0 Å². The Hall–Kier alpha value is -2.70. The van der Waals surface area contributed by atoms with Crippen molar-refractivity contribution >= 4 is 31.7 Å². The summed E-state index contributed by atoms with van der Waals surface area (Å²) in [5, 5.41) is 0.809.